The largest absolute Gasteiger partial charge is 0.486 e. The topological polar surface area (TPSA) is 44.5 Å². The molecule has 18 heavy (non-hydrogen) atoms. The minimum absolute atomic E-state index is 0.214. The third-order valence-corrected chi connectivity index (χ3v) is 3.60. The predicted octanol–water partition coefficient (Wildman–Crippen LogP) is 3.30. The zero-order valence-corrected chi connectivity index (χ0v) is 11.9. The van der Waals surface area contributed by atoms with Gasteiger partial charge in [0.25, 0.3) is 0 Å². The van der Waals surface area contributed by atoms with E-state index < -0.39 is 0 Å². The van der Waals surface area contributed by atoms with Crippen LogP contribution in [0.5, 0.6) is 11.5 Å². The van der Waals surface area contributed by atoms with Crippen molar-refractivity contribution in [3.8, 4) is 11.5 Å². The Labute approximate surface area is 113 Å². The molecule has 100 valence electrons. The van der Waals surface area contributed by atoms with Crippen LogP contribution in [-0.4, -0.2) is 19.8 Å². The van der Waals surface area contributed by atoms with Crippen LogP contribution in [0, 0.1) is 0 Å². The number of hydrogen-bond acceptors (Lipinski definition) is 3. The van der Waals surface area contributed by atoms with Crippen molar-refractivity contribution in [2.24, 2.45) is 5.73 Å². The Morgan fingerprint density at radius 2 is 1.89 bits per heavy atom. The fourth-order valence-electron chi connectivity index (χ4n) is 2.39. The number of rotatable bonds is 3. The average molecular weight is 270 g/mol. The van der Waals surface area contributed by atoms with E-state index in [9.17, 15) is 0 Å². The van der Waals surface area contributed by atoms with Crippen molar-refractivity contribution in [3.05, 3.63) is 22.2 Å². The number of ether oxygens (including phenoxy) is 2. The van der Waals surface area contributed by atoms with Crippen LogP contribution in [-0.2, 0) is 0 Å². The molecule has 0 saturated carbocycles. The molecule has 4 heteroatoms. The maximum absolute atomic E-state index is 6.39. The molecule has 1 atom stereocenters. The van der Waals surface area contributed by atoms with Crippen molar-refractivity contribution < 1.29 is 9.47 Å². The minimum Gasteiger partial charge on any atom is -0.486 e. The summed E-state index contributed by atoms with van der Waals surface area (Å²) in [6.45, 7) is 8.09. The summed E-state index contributed by atoms with van der Waals surface area (Å²) in [5.74, 6) is 2.13. The molecular weight excluding hydrogens is 250 g/mol. The quantitative estimate of drug-likeness (QED) is 0.916. The van der Waals surface area contributed by atoms with Gasteiger partial charge in [-0.05, 0) is 23.9 Å². The standard InChI is InChI=1S/C14H20ClNO2/c1-8(2)12-13(9(3)7-16)10(15)6-11-14(12)18-5-4-17-11/h6,8-9H,4-5,7,16H2,1-3H3. The number of halogens is 1. The monoisotopic (exact) mass is 269 g/mol. The van der Waals surface area contributed by atoms with Crippen LogP contribution in [0.4, 0.5) is 0 Å². The zero-order chi connectivity index (χ0) is 13.3. The van der Waals surface area contributed by atoms with Crippen LogP contribution in [0.3, 0.4) is 0 Å². The summed E-state index contributed by atoms with van der Waals surface area (Å²) >= 11 is 6.39. The number of fused-ring (bicyclic) bond motifs is 1. The third-order valence-electron chi connectivity index (χ3n) is 3.28. The molecular formula is C14H20ClNO2. The molecule has 1 unspecified atom stereocenters. The van der Waals surface area contributed by atoms with Gasteiger partial charge in [0, 0.05) is 16.7 Å². The smallest absolute Gasteiger partial charge is 0.165 e. The fourth-order valence-corrected chi connectivity index (χ4v) is 2.77. The third kappa shape index (κ3) is 2.29. The SMILES string of the molecule is CC(C)c1c2c(cc(Cl)c1C(C)CN)OCCO2. The van der Waals surface area contributed by atoms with Crippen LogP contribution in [0.1, 0.15) is 43.7 Å². The Morgan fingerprint density at radius 1 is 1.22 bits per heavy atom. The molecule has 2 rings (SSSR count). The summed E-state index contributed by atoms with van der Waals surface area (Å²) in [4.78, 5) is 0. The highest BCUT2D eigenvalue weighted by Crippen LogP contribution is 2.45. The normalized spacial score (nSPS) is 15.9. The Hall–Kier alpha value is -0.930. The molecule has 0 spiro atoms. The van der Waals surface area contributed by atoms with Gasteiger partial charge in [-0.15, -0.1) is 0 Å². The van der Waals surface area contributed by atoms with Crippen molar-refractivity contribution in [1.82, 2.24) is 0 Å². The molecule has 1 aromatic rings. The molecule has 2 N–H and O–H groups in total. The van der Waals surface area contributed by atoms with Gasteiger partial charge < -0.3 is 15.2 Å². The summed E-state index contributed by atoms with van der Waals surface area (Å²) in [6.07, 6.45) is 0. The molecule has 0 aliphatic carbocycles. The van der Waals surface area contributed by atoms with Gasteiger partial charge in [-0.25, -0.2) is 0 Å². The van der Waals surface area contributed by atoms with Gasteiger partial charge in [-0.2, -0.15) is 0 Å². The molecule has 1 aliphatic rings. The molecule has 0 bridgehead atoms. The first-order chi connectivity index (χ1) is 8.56. The lowest BCUT2D eigenvalue weighted by molar-refractivity contribution is 0.169. The molecule has 0 radical (unpaired) electrons. The molecule has 0 fully saturated rings. The lowest BCUT2D eigenvalue weighted by Crippen LogP contribution is -2.20. The van der Waals surface area contributed by atoms with Gasteiger partial charge >= 0.3 is 0 Å². The number of nitrogens with two attached hydrogens (primary N) is 1. The maximum Gasteiger partial charge on any atom is 0.165 e. The second kappa shape index (κ2) is 5.37. The first kappa shape index (κ1) is 13.5. The van der Waals surface area contributed by atoms with Crippen molar-refractivity contribution >= 4 is 11.6 Å². The van der Waals surface area contributed by atoms with Crippen molar-refractivity contribution in [1.29, 1.82) is 0 Å². The second-order valence-corrected chi connectivity index (χ2v) is 5.41. The molecule has 0 aromatic heterocycles. The number of hydrogen-bond donors (Lipinski definition) is 1. The van der Waals surface area contributed by atoms with E-state index in [1.165, 1.54) is 0 Å². The van der Waals surface area contributed by atoms with Gasteiger partial charge in [0.15, 0.2) is 11.5 Å². The average Bonchev–Trinajstić information content (AvgIpc) is 2.35. The predicted molar refractivity (Wildman–Crippen MR) is 74.0 cm³/mol. The zero-order valence-electron chi connectivity index (χ0n) is 11.1. The van der Waals surface area contributed by atoms with Crippen LogP contribution in [0.15, 0.2) is 6.07 Å². The summed E-state index contributed by atoms with van der Waals surface area (Å²) in [5, 5.41) is 0.723. The van der Waals surface area contributed by atoms with E-state index in [0.717, 1.165) is 27.6 Å². The van der Waals surface area contributed by atoms with Gasteiger partial charge in [0.1, 0.15) is 13.2 Å². The van der Waals surface area contributed by atoms with E-state index in [1.54, 1.807) is 0 Å². The van der Waals surface area contributed by atoms with E-state index in [1.807, 2.05) is 6.07 Å². The van der Waals surface area contributed by atoms with Crippen LogP contribution >= 0.6 is 11.6 Å². The van der Waals surface area contributed by atoms with Gasteiger partial charge in [-0.3, -0.25) is 0 Å². The Morgan fingerprint density at radius 3 is 2.50 bits per heavy atom. The highest BCUT2D eigenvalue weighted by atomic mass is 35.5. The minimum atomic E-state index is 0.214. The van der Waals surface area contributed by atoms with E-state index in [4.69, 9.17) is 26.8 Å². The molecule has 3 nitrogen and oxygen atoms in total. The summed E-state index contributed by atoms with van der Waals surface area (Å²) in [7, 11) is 0. The van der Waals surface area contributed by atoms with Crippen LogP contribution < -0.4 is 15.2 Å². The highest BCUT2D eigenvalue weighted by Gasteiger charge is 2.26. The summed E-state index contributed by atoms with van der Waals surface area (Å²) < 4.78 is 11.4. The van der Waals surface area contributed by atoms with Gasteiger partial charge in [0.05, 0.1) is 0 Å². The first-order valence-electron chi connectivity index (χ1n) is 6.38. The fraction of sp³-hybridized carbons (Fsp3) is 0.571. The summed E-state index contributed by atoms with van der Waals surface area (Å²) in [6, 6.07) is 1.85. The lowest BCUT2D eigenvalue weighted by atomic mass is 9.88. The molecule has 0 amide bonds. The first-order valence-corrected chi connectivity index (χ1v) is 6.76. The van der Waals surface area contributed by atoms with E-state index in [0.29, 0.717) is 25.7 Å². The molecule has 1 heterocycles. The second-order valence-electron chi connectivity index (χ2n) is 5.00. The highest BCUT2D eigenvalue weighted by molar-refractivity contribution is 6.31. The molecule has 1 aromatic carbocycles. The Balaban J connectivity index is 2.64. The van der Waals surface area contributed by atoms with Crippen molar-refractivity contribution in [2.45, 2.75) is 32.6 Å². The van der Waals surface area contributed by atoms with E-state index >= 15 is 0 Å². The van der Waals surface area contributed by atoms with E-state index in [-0.39, 0.29) is 5.92 Å². The van der Waals surface area contributed by atoms with Gasteiger partial charge in [0.2, 0.25) is 0 Å². The molecule has 1 aliphatic heterocycles. The van der Waals surface area contributed by atoms with Gasteiger partial charge in [-0.1, -0.05) is 32.4 Å². The van der Waals surface area contributed by atoms with Crippen LogP contribution in [0.2, 0.25) is 5.02 Å². The number of benzene rings is 1. The Bertz CT molecular complexity index is 446. The summed E-state index contributed by atoms with van der Waals surface area (Å²) in [5.41, 5.74) is 8.02. The van der Waals surface area contributed by atoms with Crippen LogP contribution in [0.25, 0.3) is 0 Å². The maximum atomic E-state index is 6.39. The lowest BCUT2D eigenvalue weighted by Gasteiger charge is -2.27. The molecule has 0 saturated heterocycles. The van der Waals surface area contributed by atoms with Crippen molar-refractivity contribution in [2.75, 3.05) is 19.8 Å². The van der Waals surface area contributed by atoms with E-state index in [2.05, 4.69) is 20.8 Å². The van der Waals surface area contributed by atoms with Crippen molar-refractivity contribution in [3.63, 3.8) is 0 Å². The Kier molecular flexibility index (Phi) is 4.03.